The molecule has 1 amide bonds. The summed E-state index contributed by atoms with van der Waals surface area (Å²) in [5.74, 6) is -0.819. The minimum absolute atomic E-state index is 0.0426. The van der Waals surface area contributed by atoms with Crippen LogP contribution in [0.3, 0.4) is 0 Å². The molecule has 30 heavy (non-hydrogen) atoms. The van der Waals surface area contributed by atoms with Gasteiger partial charge in [-0.15, -0.1) is 0 Å². The molecule has 1 atom stereocenters. The van der Waals surface area contributed by atoms with Crippen molar-refractivity contribution in [3.05, 3.63) is 57.4 Å². The largest absolute Gasteiger partial charge is 0.461 e. The Bertz CT molecular complexity index is 990. The molecule has 2 aromatic rings. The highest BCUT2D eigenvalue weighted by atomic mass is 35.5. The van der Waals surface area contributed by atoms with E-state index in [0.717, 1.165) is 12.8 Å². The number of ketones is 1. The lowest BCUT2D eigenvalue weighted by Gasteiger charge is -2.29. The Balaban J connectivity index is 1.95. The number of rotatable bonds is 7. The summed E-state index contributed by atoms with van der Waals surface area (Å²) in [7, 11) is 1.74. The Morgan fingerprint density at radius 2 is 1.80 bits per heavy atom. The van der Waals surface area contributed by atoms with Gasteiger partial charge >= 0.3 is 5.97 Å². The Morgan fingerprint density at radius 3 is 2.33 bits per heavy atom. The average molecular weight is 431 g/mol. The van der Waals surface area contributed by atoms with E-state index in [1.54, 1.807) is 68.5 Å². The van der Waals surface area contributed by atoms with E-state index in [4.69, 9.17) is 16.3 Å². The maximum atomic E-state index is 13.5. The van der Waals surface area contributed by atoms with Crippen molar-refractivity contribution < 1.29 is 19.1 Å². The first-order valence-electron chi connectivity index (χ1n) is 10.1. The van der Waals surface area contributed by atoms with E-state index in [0.29, 0.717) is 33.1 Å². The Labute approximate surface area is 181 Å². The highest BCUT2D eigenvalue weighted by Crippen LogP contribution is 2.33. The van der Waals surface area contributed by atoms with E-state index in [1.807, 2.05) is 0 Å². The standard InChI is InChI=1S/C23H27ClN2O4/c1-6-30-23(29)20-13(2)19(14(3)25(20)5)21(27)15(4)26(18-11-12-18)22(28)16-7-9-17(24)10-8-16/h7-10,15,18H,6,11-12H2,1-5H3/t15-/m1/s1. The second-order valence-corrected chi connectivity index (χ2v) is 8.14. The van der Waals surface area contributed by atoms with E-state index < -0.39 is 12.0 Å². The number of carbonyl (C=O) groups is 3. The van der Waals surface area contributed by atoms with Crippen molar-refractivity contribution in [2.24, 2.45) is 7.05 Å². The minimum Gasteiger partial charge on any atom is -0.461 e. The first-order valence-corrected chi connectivity index (χ1v) is 10.5. The molecule has 1 aliphatic rings. The fourth-order valence-corrected chi connectivity index (χ4v) is 4.04. The van der Waals surface area contributed by atoms with E-state index in [-0.39, 0.29) is 24.3 Å². The van der Waals surface area contributed by atoms with Crippen LogP contribution in [-0.4, -0.2) is 45.8 Å². The molecule has 0 spiro atoms. The number of ether oxygens (including phenoxy) is 1. The lowest BCUT2D eigenvalue weighted by atomic mass is 9.99. The zero-order valence-electron chi connectivity index (χ0n) is 18.0. The lowest BCUT2D eigenvalue weighted by Crippen LogP contribution is -2.45. The molecule has 0 bridgehead atoms. The third-order valence-electron chi connectivity index (χ3n) is 5.71. The van der Waals surface area contributed by atoms with E-state index in [1.165, 1.54) is 0 Å². The van der Waals surface area contributed by atoms with Gasteiger partial charge in [0.15, 0.2) is 5.78 Å². The summed E-state index contributed by atoms with van der Waals surface area (Å²) in [5, 5.41) is 0.552. The van der Waals surface area contributed by atoms with Gasteiger partial charge in [0, 0.05) is 34.9 Å². The van der Waals surface area contributed by atoms with Crippen molar-refractivity contribution in [3.8, 4) is 0 Å². The predicted molar refractivity (Wildman–Crippen MR) is 115 cm³/mol. The normalized spacial score (nSPS) is 14.3. The maximum absolute atomic E-state index is 13.5. The Kier molecular flexibility index (Phi) is 6.36. The number of nitrogens with zero attached hydrogens (tertiary/aromatic N) is 2. The molecule has 3 rings (SSSR count). The van der Waals surface area contributed by atoms with Crippen LogP contribution in [0.5, 0.6) is 0 Å². The second kappa shape index (κ2) is 8.64. The van der Waals surface area contributed by atoms with Crippen LogP contribution < -0.4 is 0 Å². The predicted octanol–water partition coefficient (Wildman–Crippen LogP) is 4.35. The molecule has 0 aliphatic heterocycles. The zero-order chi connectivity index (χ0) is 22.2. The molecule has 1 saturated carbocycles. The number of esters is 1. The van der Waals surface area contributed by atoms with Crippen molar-refractivity contribution in [1.82, 2.24) is 9.47 Å². The fraction of sp³-hybridized carbons (Fsp3) is 0.435. The SMILES string of the molecule is CCOC(=O)c1c(C)c(C(=O)[C@@H](C)N(C(=O)c2ccc(Cl)cc2)C2CC2)c(C)n1C. The summed E-state index contributed by atoms with van der Waals surface area (Å²) in [6.07, 6.45) is 1.75. The zero-order valence-corrected chi connectivity index (χ0v) is 18.7. The summed E-state index contributed by atoms with van der Waals surface area (Å²) in [6, 6.07) is 6.08. The summed E-state index contributed by atoms with van der Waals surface area (Å²) in [5.41, 5.74) is 2.61. The number of hydrogen-bond donors (Lipinski definition) is 0. The van der Waals surface area contributed by atoms with Crippen LogP contribution in [-0.2, 0) is 11.8 Å². The van der Waals surface area contributed by atoms with Gasteiger partial charge in [-0.05, 0) is 70.4 Å². The van der Waals surface area contributed by atoms with E-state index in [9.17, 15) is 14.4 Å². The number of halogens is 1. The van der Waals surface area contributed by atoms with Gasteiger partial charge in [0.25, 0.3) is 5.91 Å². The number of Topliss-reactive ketones (excluding diaryl/α,β-unsaturated/α-hetero) is 1. The first-order chi connectivity index (χ1) is 14.2. The molecule has 160 valence electrons. The van der Waals surface area contributed by atoms with Crippen LogP contribution >= 0.6 is 11.6 Å². The third kappa shape index (κ3) is 4.01. The molecule has 6 nitrogen and oxygen atoms in total. The van der Waals surface area contributed by atoms with Gasteiger partial charge < -0.3 is 14.2 Å². The molecule has 1 heterocycles. The molecular formula is C23H27ClN2O4. The summed E-state index contributed by atoms with van der Waals surface area (Å²) < 4.78 is 6.84. The molecule has 1 aromatic heterocycles. The highest BCUT2D eigenvalue weighted by Gasteiger charge is 2.40. The maximum Gasteiger partial charge on any atom is 0.355 e. The number of aromatic nitrogens is 1. The molecule has 7 heteroatoms. The number of carbonyl (C=O) groups excluding carboxylic acids is 3. The fourth-order valence-electron chi connectivity index (χ4n) is 3.92. The van der Waals surface area contributed by atoms with Gasteiger partial charge in [0.05, 0.1) is 12.6 Å². The monoisotopic (exact) mass is 430 g/mol. The van der Waals surface area contributed by atoms with Crippen LogP contribution in [0.2, 0.25) is 5.02 Å². The van der Waals surface area contributed by atoms with Gasteiger partial charge in [0.2, 0.25) is 0 Å². The molecule has 0 N–H and O–H groups in total. The number of amides is 1. The summed E-state index contributed by atoms with van der Waals surface area (Å²) in [4.78, 5) is 40.8. The first kappa shape index (κ1) is 22.1. The molecule has 1 fully saturated rings. The van der Waals surface area contributed by atoms with Crippen molar-refractivity contribution in [2.75, 3.05) is 6.61 Å². The Hall–Kier alpha value is -2.60. The summed E-state index contributed by atoms with van der Waals surface area (Å²) in [6.45, 7) is 7.31. The van der Waals surface area contributed by atoms with E-state index >= 15 is 0 Å². The van der Waals surface area contributed by atoms with E-state index in [2.05, 4.69) is 0 Å². The van der Waals surface area contributed by atoms with Gasteiger partial charge in [-0.25, -0.2) is 4.79 Å². The van der Waals surface area contributed by atoms with Crippen LogP contribution in [0.25, 0.3) is 0 Å². The van der Waals surface area contributed by atoms with Crippen molar-refractivity contribution >= 4 is 29.3 Å². The smallest absolute Gasteiger partial charge is 0.355 e. The van der Waals surface area contributed by atoms with Gasteiger partial charge in [-0.1, -0.05) is 11.6 Å². The Morgan fingerprint density at radius 1 is 1.20 bits per heavy atom. The second-order valence-electron chi connectivity index (χ2n) is 7.70. The number of benzene rings is 1. The van der Waals surface area contributed by atoms with Crippen molar-refractivity contribution in [1.29, 1.82) is 0 Å². The summed E-state index contributed by atoms with van der Waals surface area (Å²) >= 11 is 5.94. The quantitative estimate of drug-likeness (QED) is 0.483. The molecule has 1 aromatic carbocycles. The third-order valence-corrected chi connectivity index (χ3v) is 5.96. The highest BCUT2D eigenvalue weighted by molar-refractivity contribution is 6.30. The molecule has 1 aliphatic carbocycles. The van der Waals surface area contributed by atoms with Crippen LogP contribution in [0.15, 0.2) is 24.3 Å². The molecule has 0 radical (unpaired) electrons. The minimum atomic E-state index is -0.657. The van der Waals surface area contributed by atoms with Crippen molar-refractivity contribution in [2.45, 2.75) is 52.6 Å². The van der Waals surface area contributed by atoms with Crippen LogP contribution in [0, 0.1) is 13.8 Å². The topological polar surface area (TPSA) is 68.6 Å². The molecule has 0 saturated heterocycles. The van der Waals surface area contributed by atoms with Crippen LogP contribution in [0.4, 0.5) is 0 Å². The van der Waals surface area contributed by atoms with Gasteiger partial charge in [0.1, 0.15) is 5.69 Å². The average Bonchev–Trinajstić information content (AvgIpc) is 3.50. The molecule has 0 unspecified atom stereocenters. The van der Waals surface area contributed by atoms with Crippen LogP contribution in [0.1, 0.15) is 69.2 Å². The van der Waals surface area contributed by atoms with Gasteiger partial charge in [-0.2, -0.15) is 0 Å². The van der Waals surface area contributed by atoms with Crippen molar-refractivity contribution in [3.63, 3.8) is 0 Å². The number of hydrogen-bond acceptors (Lipinski definition) is 4. The lowest BCUT2D eigenvalue weighted by molar-refractivity contribution is 0.0513. The van der Waals surface area contributed by atoms with Gasteiger partial charge in [-0.3, -0.25) is 9.59 Å². The molecular weight excluding hydrogens is 404 g/mol.